The summed E-state index contributed by atoms with van der Waals surface area (Å²) in [6.45, 7) is 2.23. The van der Waals surface area contributed by atoms with Crippen molar-refractivity contribution in [3.63, 3.8) is 0 Å². The van der Waals surface area contributed by atoms with Crippen LogP contribution in [0.25, 0.3) is 32.2 Å². The summed E-state index contributed by atoms with van der Waals surface area (Å²) in [5.74, 6) is 2.72. The van der Waals surface area contributed by atoms with Crippen LogP contribution in [0.4, 0.5) is 0 Å². The summed E-state index contributed by atoms with van der Waals surface area (Å²) in [4.78, 5) is 1.36. The number of aryl methyl sites for hydroxylation is 2. The van der Waals surface area contributed by atoms with Crippen molar-refractivity contribution in [1.29, 1.82) is 0 Å². The lowest BCUT2D eigenvalue weighted by molar-refractivity contribution is -0.631. The number of pyridine rings is 1. The molecule has 1 saturated carbocycles. The molecular formula is C24H22NOS+. The van der Waals surface area contributed by atoms with Gasteiger partial charge in [-0.05, 0) is 54.1 Å². The second-order valence-electron chi connectivity index (χ2n) is 7.99. The van der Waals surface area contributed by atoms with Gasteiger partial charge in [0, 0.05) is 10.9 Å². The van der Waals surface area contributed by atoms with Gasteiger partial charge < -0.3 is 4.74 Å². The molecule has 0 atom stereocenters. The fourth-order valence-electron chi connectivity index (χ4n) is 5.22. The molecule has 1 fully saturated rings. The van der Waals surface area contributed by atoms with E-state index in [-0.39, 0.29) is 0 Å². The molecule has 27 heavy (non-hydrogen) atoms. The van der Waals surface area contributed by atoms with Gasteiger partial charge in [-0.15, -0.1) is 0 Å². The first kappa shape index (κ1) is 15.6. The number of rotatable bonds is 1. The summed E-state index contributed by atoms with van der Waals surface area (Å²) in [5.41, 5.74) is 5.38. The van der Waals surface area contributed by atoms with Crippen molar-refractivity contribution in [2.45, 2.75) is 38.5 Å². The maximum absolute atomic E-state index is 6.69. The highest BCUT2D eigenvalue weighted by Crippen LogP contribution is 2.52. The first-order valence-corrected chi connectivity index (χ1v) is 10.8. The number of hydrogen-bond acceptors (Lipinski definition) is 2. The van der Waals surface area contributed by atoms with Gasteiger partial charge in [-0.3, -0.25) is 0 Å². The van der Waals surface area contributed by atoms with Crippen molar-refractivity contribution in [2.75, 3.05) is 0 Å². The van der Waals surface area contributed by atoms with E-state index < -0.39 is 0 Å². The second kappa shape index (κ2) is 5.56. The minimum Gasteiger partial charge on any atom is -0.449 e. The summed E-state index contributed by atoms with van der Waals surface area (Å²) in [6, 6.07) is 13.2. The van der Waals surface area contributed by atoms with Crippen LogP contribution in [0.1, 0.15) is 42.7 Å². The molecule has 2 aromatic heterocycles. The van der Waals surface area contributed by atoms with Crippen molar-refractivity contribution < 1.29 is 9.30 Å². The summed E-state index contributed by atoms with van der Waals surface area (Å²) >= 11 is 1.84. The third-order valence-corrected chi connectivity index (χ3v) is 7.45. The first-order valence-electron chi connectivity index (χ1n) is 9.87. The molecule has 0 amide bonds. The van der Waals surface area contributed by atoms with E-state index in [2.05, 4.69) is 60.3 Å². The molecule has 1 aliphatic carbocycles. The minimum atomic E-state index is 0.613. The van der Waals surface area contributed by atoms with E-state index in [4.69, 9.17) is 4.74 Å². The number of aromatic nitrogens is 1. The fraction of sp³-hybridized carbons (Fsp3) is 0.292. The number of nitrogens with zero attached hydrogens (tertiary/aromatic N) is 1. The van der Waals surface area contributed by atoms with Gasteiger partial charge in [0.1, 0.15) is 12.8 Å². The van der Waals surface area contributed by atoms with Crippen LogP contribution in [0.15, 0.2) is 41.8 Å². The molecular weight excluding hydrogens is 350 g/mol. The highest BCUT2D eigenvalue weighted by atomic mass is 32.1. The van der Waals surface area contributed by atoms with E-state index >= 15 is 0 Å². The van der Waals surface area contributed by atoms with E-state index in [1.54, 1.807) is 0 Å². The molecule has 2 aromatic carbocycles. The largest absolute Gasteiger partial charge is 0.449 e. The Morgan fingerprint density at radius 1 is 1.07 bits per heavy atom. The van der Waals surface area contributed by atoms with Crippen molar-refractivity contribution >= 4 is 32.3 Å². The van der Waals surface area contributed by atoms with Crippen LogP contribution in [-0.4, -0.2) is 0 Å². The summed E-state index contributed by atoms with van der Waals surface area (Å²) < 4.78 is 9.06. The zero-order valence-corrected chi connectivity index (χ0v) is 16.5. The van der Waals surface area contributed by atoms with E-state index in [1.807, 2.05) is 11.3 Å². The van der Waals surface area contributed by atoms with Crippen LogP contribution in [0.3, 0.4) is 0 Å². The van der Waals surface area contributed by atoms with E-state index in [9.17, 15) is 0 Å². The third-order valence-electron chi connectivity index (χ3n) is 6.46. The molecule has 0 saturated heterocycles. The third kappa shape index (κ3) is 2.03. The summed E-state index contributed by atoms with van der Waals surface area (Å²) in [6.07, 6.45) is 5.22. The number of thiophene rings is 1. The molecule has 6 rings (SSSR count). The number of ether oxygens (including phenoxy) is 1. The lowest BCUT2D eigenvalue weighted by atomic mass is 9.88. The second-order valence-corrected chi connectivity index (χ2v) is 8.88. The Morgan fingerprint density at radius 2 is 1.93 bits per heavy atom. The Morgan fingerprint density at radius 3 is 2.78 bits per heavy atom. The Balaban J connectivity index is 1.81. The SMILES string of the molecule is Cc1ccc2cccc3c2c1-c1c(c(C2CCCC2)c2ccsc2[n+]1C)O3. The monoisotopic (exact) mass is 372 g/mol. The molecule has 134 valence electrons. The van der Waals surface area contributed by atoms with Crippen molar-refractivity contribution in [1.82, 2.24) is 0 Å². The van der Waals surface area contributed by atoms with Crippen LogP contribution < -0.4 is 9.30 Å². The average Bonchev–Trinajstić information content (AvgIpc) is 3.36. The highest BCUT2D eigenvalue weighted by molar-refractivity contribution is 7.16. The van der Waals surface area contributed by atoms with Gasteiger partial charge in [0.2, 0.25) is 5.75 Å². The standard InChI is InChI=1S/C24H22NOS/c1-14-10-11-16-8-5-9-18-21(16)19(14)22-23(26-18)20(15-6-3-4-7-15)17-12-13-27-24(17)25(22)2/h5,8-13,15H,3-4,6-7H2,1-2H3/q+1. The quantitative estimate of drug-likeness (QED) is 0.301. The number of hydrogen-bond donors (Lipinski definition) is 0. The van der Waals surface area contributed by atoms with Crippen LogP contribution >= 0.6 is 11.3 Å². The lowest BCUT2D eigenvalue weighted by Gasteiger charge is -2.25. The zero-order chi connectivity index (χ0) is 18.1. The van der Waals surface area contributed by atoms with Gasteiger partial charge in [-0.25, -0.2) is 0 Å². The Bertz CT molecular complexity index is 1230. The topological polar surface area (TPSA) is 13.1 Å². The van der Waals surface area contributed by atoms with E-state index in [1.165, 1.54) is 69.1 Å². The van der Waals surface area contributed by atoms with Crippen LogP contribution in [0, 0.1) is 6.92 Å². The zero-order valence-electron chi connectivity index (χ0n) is 15.7. The molecule has 2 nitrogen and oxygen atoms in total. The number of benzene rings is 2. The Labute approximate surface area is 163 Å². The van der Waals surface area contributed by atoms with E-state index in [0.717, 1.165) is 11.5 Å². The van der Waals surface area contributed by atoms with Crippen LogP contribution in [-0.2, 0) is 7.05 Å². The normalized spacial score (nSPS) is 16.1. The molecule has 0 unspecified atom stereocenters. The van der Waals surface area contributed by atoms with E-state index in [0.29, 0.717) is 5.92 Å². The van der Waals surface area contributed by atoms with Crippen LogP contribution in [0.5, 0.6) is 11.5 Å². The highest BCUT2D eigenvalue weighted by Gasteiger charge is 2.37. The van der Waals surface area contributed by atoms with Gasteiger partial charge in [0.25, 0.3) is 10.5 Å². The predicted octanol–water partition coefficient (Wildman–Crippen LogP) is 6.62. The maximum atomic E-state index is 6.69. The van der Waals surface area contributed by atoms with Crippen molar-refractivity contribution in [2.24, 2.45) is 7.05 Å². The Kier molecular flexibility index (Phi) is 3.22. The smallest absolute Gasteiger partial charge is 0.269 e. The summed E-state index contributed by atoms with van der Waals surface area (Å²) in [7, 11) is 2.20. The van der Waals surface area contributed by atoms with Gasteiger partial charge in [-0.1, -0.05) is 48.4 Å². The molecule has 2 aliphatic rings. The summed E-state index contributed by atoms with van der Waals surface area (Å²) in [5, 5.41) is 6.13. The lowest BCUT2D eigenvalue weighted by Crippen LogP contribution is -2.33. The van der Waals surface area contributed by atoms with Gasteiger partial charge in [0.15, 0.2) is 0 Å². The average molecular weight is 373 g/mol. The first-order chi connectivity index (χ1) is 13.2. The molecule has 0 bridgehead atoms. The molecule has 0 radical (unpaired) electrons. The molecule has 3 heteroatoms. The molecule has 3 heterocycles. The molecule has 4 aromatic rings. The van der Waals surface area contributed by atoms with Crippen molar-refractivity contribution in [3.8, 4) is 22.8 Å². The minimum absolute atomic E-state index is 0.613. The molecule has 0 N–H and O–H groups in total. The van der Waals surface area contributed by atoms with Gasteiger partial charge >= 0.3 is 0 Å². The Hall–Kier alpha value is -2.39. The predicted molar refractivity (Wildman–Crippen MR) is 112 cm³/mol. The van der Waals surface area contributed by atoms with Crippen LogP contribution in [0.2, 0.25) is 0 Å². The maximum Gasteiger partial charge on any atom is 0.269 e. The molecule has 0 spiro atoms. The number of fused-ring (bicyclic) bond motifs is 3. The fourth-order valence-corrected chi connectivity index (χ4v) is 6.11. The van der Waals surface area contributed by atoms with Gasteiger partial charge in [0.05, 0.1) is 10.9 Å². The van der Waals surface area contributed by atoms with Crippen molar-refractivity contribution in [3.05, 3.63) is 52.9 Å². The molecule has 1 aliphatic heterocycles. The van der Waals surface area contributed by atoms with Gasteiger partial charge in [-0.2, -0.15) is 4.57 Å².